The van der Waals surface area contributed by atoms with Gasteiger partial charge in [0, 0.05) is 23.3 Å². The molecule has 0 unspecified atom stereocenters. The first-order chi connectivity index (χ1) is 11.1. The van der Waals surface area contributed by atoms with Crippen LogP contribution in [0.3, 0.4) is 0 Å². The maximum Gasteiger partial charge on any atom is 0.256 e. The minimum absolute atomic E-state index is 0.0369. The van der Waals surface area contributed by atoms with Crippen LogP contribution in [0.2, 0.25) is 0 Å². The zero-order valence-electron chi connectivity index (χ0n) is 13.1. The monoisotopic (exact) mass is 306 g/mol. The van der Waals surface area contributed by atoms with E-state index >= 15 is 0 Å². The molecule has 116 valence electrons. The normalized spacial score (nSPS) is 10.7. The van der Waals surface area contributed by atoms with Gasteiger partial charge in [-0.05, 0) is 43.5 Å². The molecule has 0 spiro atoms. The molecule has 1 amide bonds. The molecule has 23 heavy (non-hydrogen) atoms. The Kier molecular flexibility index (Phi) is 4.24. The summed E-state index contributed by atoms with van der Waals surface area (Å²) in [6, 6.07) is 15.0. The number of ether oxygens (including phenoxy) is 1. The lowest BCUT2D eigenvalue weighted by Crippen LogP contribution is -2.14. The molecule has 3 rings (SSSR count). The Labute approximate surface area is 135 Å². The lowest BCUT2D eigenvalue weighted by molar-refractivity contribution is 0.102. The van der Waals surface area contributed by atoms with Gasteiger partial charge in [0.1, 0.15) is 5.75 Å². The Hall–Kier alpha value is -2.88. The van der Waals surface area contributed by atoms with Crippen molar-refractivity contribution in [3.63, 3.8) is 0 Å². The van der Waals surface area contributed by atoms with Crippen molar-refractivity contribution in [3.05, 3.63) is 66.5 Å². The number of carbonyl (C=O) groups excluding carboxylic acids is 1. The smallest absolute Gasteiger partial charge is 0.256 e. The first kappa shape index (κ1) is 15.0. The Bertz CT molecular complexity index is 838. The summed E-state index contributed by atoms with van der Waals surface area (Å²) in [6.45, 7) is 3.91. The molecule has 4 nitrogen and oxygen atoms in total. The van der Waals surface area contributed by atoms with Gasteiger partial charge in [0.2, 0.25) is 0 Å². The van der Waals surface area contributed by atoms with E-state index in [0.29, 0.717) is 17.0 Å². The number of pyridine rings is 1. The van der Waals surface area contributed by atoms with Crippen LogP contribution in [0.1, 0.15) is 24.2 Å². The van der Waals surface area contributed by atoms with Crippen molar-refractivity contribution in [3.8, 4) is 5.75 Å². The number of aromatic nitrogens is 1. The third kappa shape index (κ3) is 3.31. The summed E-state index contributed by atoms with van der Waals surface area (Å²) >= 11 is 0. The SMILES string of the molecule is CC(C)Oc1ccccc1NC(=O)c1cccc2ccncc12. The van der Waals surface area contributed by atoms with E-state index in [2.05, 4.69) is 10.3 Å². The van der Waals surface area contributed by atoms with Gasteiger partial charge < -0.3 is 10.1 Å². The van der Waals surface area contributed by atoms with E-state index in [1.807, 2.05) is 56.3 Å². The summed E-state index contributed by atoms with van der Waals surface area (Å²) in [5.74, 6) is 0.484. The molecule has 0 bridgehead atoms. The molecule has 0 saturated carbocycles. The molecule has 1 N–H and O–H groups in total. The van der Waals surface area contributed by atoms with Crippen molar-refractivity contribution in [2.75, 3.05) is 5.32 Å². The van der Waals surface area contributed by atoms with E-state index in [9.17, 15) is 4.79 Å². The Morgan fingerprint density at radius 3 is 2.74 bits per heavy atom. The van der Waals surface area contributed by atoms with Crippen LogP contribution in [0.15, 0.2) is 60.9 Å². The van der Waals surface area contributed by atoms with E-state index < -0.39 is 0 Å². The van der Waals surface area contributed by atoms with Crippen LogP contribution < -0.4 is 10.1 Å². The highest BCUT2D eigenvalue weighted by Crippen LogP contribution is 2.26. The minimum atomic E-state index is -0.177. The topological polar surface area (TPSA) is 51.2 Å². The van der Waals surface area contributed by atoms with Gasteiger partial charge in [-0.2, -0.15) is 0 Å². The largest absolute Gasteiger partial charge is 0.489 e. The van der Waals surface area contributed by atoms with Crippen molar-refractivity contribution < 1.29 is 9.53 Å². The minimum Gasteiger partial charge on any atom is -0.489 e. The summed E-state index contributed by atoms with van der Waals surface area (Å²) in [4.78, 5) is 16.8. The second-order valence-electron chi connectivity index (χ2n) is 5.52. The average Bonchev–Trinajstić information content (AvgIpc) is 2.55. The number of hydrogen-bond acceptors (Lipinski definition) is 3. The number of anilines is 1. The van der Waals surface area contributed by atoms with Gasteiger partial charge in [0.05, 0.1) is 11.8 Å². The number of carbonyl (C=O) groups is 1. The van der Waals surface area contributed by atoms with Crippen molar-refractivity contribution in [2.45, 2.75) is 20.0 Å². The maximum atomic E-state index is 12.7. The van der Waals surface area contributed by atoms with E-state index in [1.165, 1.54) is 0 Å². The van der Waals surface area contributed by atoms with E-state index in [1.54, 1.807) is 18.5 Å². The first-order valence-electron chi connectivity index (χ1n) is 7.55. The van der Waals surface area contributed by atoms with E-state index in [-0.39, 0.29) is 12.0 Å². The van der Waals surface area contributed by atoms with Gasteiger partial charge in [-0.3, -0.25) is 9.78 Å². The van der Waals surface area contributed by atoms with Gasteiger partial charge in [-0.15, -0.1) is 0 Å². The fourth-order valence-electron chi connectivity index (χ4n) is 2.43. The van der Waals surface area contributed by atoms with Crippen molar-refractivity contribution in [2.24, 2.45) is 0 Å². The molecule has 0 atom stereocenters. The number of rotatable bonds is 4. The van der Waals surface area contributed by atoms with Crippen molar-refractivity contribution >= 4 is 22.4 Å². The Morgan fingerprint density at radius 1 is 1.09 bits per heavy atom. The molecule has 2 aromatic carbocycles. The lowest BCUT2D eigenvalue weighted by Gasteiger charge is -2.15. The second kappa shape index (κ2) is 6.48. The van der Waals surface area contributed by atoms with Gasteiger partial charge in [0.25, 0.3) is 5.91 Å². The van der Waals surface area contributed by atoms with Gasteiger partial charge >= 0.3 is 0 Å². The molecule has 0 saturated heterocycles. The van der Waals surface area contributed by atoms with E-state index in [4.69, 9.17) is 4.74 Å². The van der Waals surface area contributed by atoms with E-state index in [0.717, 1.165) is 10.8 Å². The Balaban J connectivity index is 1.93. The summed E-state index contributed by atoms with van der Waals surface area (Å²) in [5, 5.41) is 4.75. The molecule has 1 heterocycles. The van der Waals surface area contributed by atoms with Crippen LogP contribution in [0.5, 0.6) is 5.75 Å². The molecule has 0 fully saturated rings. The fourth-order valence-corrected chi connectivity index (χ4v) is 2.43. The summed E-state index contributed by atoms with van der Waals surface area (Å²) < 4.78 is 5.74. The molecule has 0 aliphatic heterocycles. The van der Waals surface area contributed by atoms with Crippen LogP contribution in [0, 0.1) is 0 Å². The standard InChI is InChI=1S/C19H18N2O2/c1-13(2)23-18-9-4-3-8-17(18)21-19(22)15-7-5-6-14-10-11-20-12-16(14)15/h3-13H,1-2H3,(H,21,22). The summed E-state index contributed by atoms with van der Waals surface area (Å²) in [7, 11) is 0. The summed E-state index contributed by atoms with van der Waals surface area (Å²) in [6.07, 6.45) is 3.46. The molecule has 1 aromatic heterocycles. The number of amides is 1. The molecule has 0 aliphatic rings. The van der Waals surface area contributed by atoms with Crippen molar-refractivity contribution in [1.82, 2.24) is 4.98 Å². The first-order valence-corrected chi connectivity index (χ1v) is 7.55. The van der Waals surface area contributed by atoms with Crippen molar-refractivity contribution in [1.29, 1.82) is 0 Å². The number of hydrogen-bond donors (Lipinski definition) is 1. The molecular formula is C19H18N2O2. The fraction of sp³-hybridized carbons (Fsp3) is 0.158. The van der Waals surface area contributed by atoms with Crippen LogP contribution in [0.4, 0.5) is 5.69 Å². The summed E-state index contributed by atoms with van der Waals surface area (Å²) in [5.41, 5.74) is 1.25. The van der Waals surface area contributed by atoms with Gasteiger partial charge in [-0.25, -0.2) is 0 Å². The average molecular weight is 306 g/mol. The third-order valence-corrected chi connectivity index (χ3v) is 3.43. The predicted octanol–water partition coefficient (Wildman–Crippen LogP) is 4.27. The number of nitrogens with zero attached hydrogens (tertiary/aromatic N) is 1. The van der Waals surface area contributed by atoms with Gasteiger partial charge in [-0.1, -0.05) is 24.3 Å². The second-order valence-corrected chi connectivity index (χ2v) is 5.52. The lowest BCUT2D eigenvalue weighted by atomic mass is 10.1. The van der Waals surface area contributed by atoms with Crippen LogP contribution in [-0.2, 0) is 0 Å². The van der Waals surface area contributed by atoms with Crippen LogP contribution in [0.25, 0.3) is 10.8 Å². The molecule has 3 aromatic rings. The Morgan fingerprint density at radius 2 is 1.91 bits per heavy atom. The zero-order valence-corrected chi connectivity index (χ0v) is 13.1. The number of benzene rings is 2. The molecule has 0 aliphatic carbocycles. The number of para-hydroxylation sites is 2. The van der Waals surface area contributed by atoms with Crippen LogP contribution >= 0.6 is 0 Å². The highest BCUT2D eigenvalue weighted by Gasteiger charge is 2.13. The third-order valence-electron chi connectivity index (χ3n) is 3.43. The molecule has 4 heteroatoms. The van der Waals surface area contributed by atoms with Gasteiger partial charge in [0.15, 0.2) is 0 Å². The zero-order chi connectivity index (χ0) is 16.2. The number of fused-ring (bicyclic) bond motifs is 1. The highest BCUT2D eigenvalue weighted by molar-refractivity contribution is 6.13. The quantitative estimate of drug-likeness (QED) is 0.783. The van der Waals surface area contributed by atoms with Crippen LogP contribution in [-0.4, -0.2) is 17.0 Å². The predicted molar refractivity (Wildman–Crippen MR) is 91.9 cm³/mol. The highest BCUT2D eigenvalue weighted by atomic mass is 16.5. The number of nitrogens with one attached hydrogen (secondary N) is 1. The molecular weight excluding hydrogens is 288 g/mol. The maximum absolute atomic E-state index is 12.7. The molecule has 0 radical (unpaired) electrons.